The van der Waals surface area contributed by atoms with Gasteiger partial charge in [0.2, 0.25) is 0 Å². The Morgan fingerprint density at radius 1 is 0.768 bits per heavy atom. The Balaban J connectivity index is 2.01. The summed E-state index contributed by atoms with van der Waals surface area (Å²) in [5.41, 5.74) is -3.96. The number of carbonyl (C=O) groups is 3. The molecular weight excluding hydrogens is 740 g/mol. The van der Waals surface area contributed by atoms with Crippen LogP contribution in [0, 0.1) is 5.41 Å². The second-order valence-corrected chi connectivity index (χ2v) is 17.7. The van der Waals surface area contributed by atoms with Gasteiger partial charge < -0.3 is 80.2 Å². The van der Waals surface area contributed by atoms with E-state index in [2.05, 4.69) is 26.6 Å². The summed E-state index contributed by atoms with van der Waals surface area (Å²) < 4.78 is 41.2. The van der Waals surface area contributed by atoms with Crippen molar-refractivity contribution in [1.82, 2.24) is 26.6 Å². The average molecular weight is 807 g/mol. The van der Waals surface area contributed by atoms with Crippen LogP contribution >= 0.6 is 0 Å². The fourth-order valence-corrected chi connectivity index (χ4v) is 6.68. The molecule has 20 nitrogen and oxygen atoms in total. The van der Waals surface area contributed by atoms with Crippen molar-refractivity contribution in [3.8, 4) is 0 Å². The number of rotatable bonds is 11. The molecule has 324 valence electrons. The Labute approximate surface area is 328 Å². The molecule has 3 amide bonds. The highest BCUT2D eigenvalue weighted by Crippen LogP contribution is 2.33. The van der Waals surface area contributed by atoms with Crippen molar-refractivity contribution in [2.75, 3.05) is 26.8 Å². The zero-order valence-electron chi connectivity index (χ0n) is 34.5. The summed E-state index contributed by atoms with van der Waals surface area (Å²) >= 11 is 0. The topological polar surface area (TPSA) is 281 Å². The number of hydrogen-bond acceptors (Lipinski definition) is 16. The van der Waals surface area contributed by atoms with Crippen LogP contribution in [0.25, 0.3) is 0 Å². The molecule has 0 aromatic carbocycles. The molecule has 6 unspecified atom stereocenters. The van der Waals surface area contributed by atoms with E-state index in [9.17, 15) is 34.8 Å². The third-order valence-electron chi connectivity index (χ3n) is 8.95. The molecule has 2 saturated heterocycles. The van der Waals surface area contributed by atoms with E-state index in [0.717, 1.165) is 0 Å². The SMILES string of the molecule is CN[C@@H]1C(O)[C@@H](OC2C(O)C(O[C@H]3O[C@H](CNC(=O)OC(C)(C)C)CCC3NC(=O)OC(C)(C)C)[C@@H](NC(=O)OC(C)(C)C)C[C@H]2NC(=N)CO)OCC1(C)O. The highest BCUT2D eigenvalue weighted by molar-refractivity contribution is 5.80. The first-order chi connectivity index (χ1) is 25.7. The van der Waals surface area contributed by atoms with E-state index < -0.39 is 115 Å². The molecule has 3 fully saturated rings. The predicted molar refractivity (Wildman–Crippen MR) is 200 cm³/mol. The van der Waals surface area contributed by atoms with Crippen LogP contribution in [0.4, 0.5) is 14.4 Å². The molecule has 1 saturated carbocycles. The molecular formula is C36H66N6O14. The monoisotopic (exact) mass is 806 g/mol. The van der Waals surface area contributed by atoms with Crippen LogP contribution in [0.3, 0.4) is 0 Å². The lowest BCUT2D eigenvalue weighted by Crippen LogP contribution is -2.70. The Bertz CT molecular complexity index is 1330. The molecule has 0 spiro atoms. The van der Waals surface area contributed by atoms with Crippen LogP contribution < -0.4 is 26.6 Å². The first-order valence-corrected chi connectivity index (χ1v) is 19.0. The van der Waals surface area contributed by atoms with Gasteiger partial charge in [-0.15, -0.1) is 0 Å². The molecule has 0 radical (unpaired) electrons. The molecule has 20 heteroatoms. The molecule has 2 aliphatic heterocycles. The molecule has 12 atom stereocenters. The van der Waals surface area contributed by atoms with Crippen molar-refractivity contribution in [3.63, 3.8) is 0 Å². The van der Waals surface area contributed by atoms with Gasteiger partial charge in [-0.1, -0.05) is 0 Å². The Kier molecular flexibility index (Phi) is 16.1. The number of nitrogens with one attached hydrogen (secondary N) is 6. The fourth-order valence-electron chi connectivity index (χ4n) is 6.68. The summed E-state index contributed by atoms with van der Waals surface area (Å²) in [6, 6.07) is -3.82. The summed E-state index contributed by atoms with van der Waals surface area (Å²) in [7, 11) is 1.55. The van der Waals surface area contributed by atoms with Crippen LogP contribution in [-0.2, 0) is 33.2 Å². The van der Waals surface area contributed by atoms with E-state index >= 15 is 0 Å². The maximum Gasteiger partial charge on any atom is 0.408 e. The van der Waals surface area contributed by atoms with Crippen molar-refractivity contribution >= 4 is 24.1 Å². The standard InChI is InChI=1S/C36H66N6O14/c1-33(2,3)54-30(46)39-15-18-12-13-19(41-31(47)55-34(4,5)6)28(51-18)52-26-21(42-32(48)56-35(7,8)9)14-20(40-22(37)16-43)25(23(26)44)53-29-24(45)27(38-11)36(10,49)17-50-29/h18-21,23-29,38,43-45,49H,12-17H2,1-11H3,(H2,37,40)(H,39,46)(H,41,47)(H,42,48)/t18-,19?,20+,21-,23?,24?,25?,26?,27+,28+,29+,36?/m0/s1. The second kappa shape index (κ2) is 19.1. The van der Waals surface area contributed by atoms with Gasteiger partial charge in [0.1, 0.15) is 59.3 Å². The Morgan fingerprint density at radius 2 is 1.27 bits per heavy atom. The van der Waals surface area contributed by atoms with E-state index in [1.54, 1.807) is 69.4 Å². The molecule has 0 aromatic heterocycles. The zero-order valence-corrected chi connectivity index (χ0v) is 34.5. The minimum Gasteiger partial charge on any atom is -0.444 e. The van der Waals surface area contributed by atoms with E-state index in [0.29, 0.717) is 6.42 Å². The number of likely N-dealkylation sites (N-methyl/N-ethyl adjacent to an activating group) is 1. The summed E-state index contributed by atoms with van der Waals surface area (Å²) in [5.74, 6) is -0.329. The maximum absolute atomic E-state index is 13.2. The minimum atomic E-state index is -1.68. The molecule has 2 heterocycles. The summed E-state index contributed by atoms with van der Waals surface area (Å²) in [6.07, 6.45) is -10.9. The van der Waals surface area contributed by atoms with Gasteiger partial charge >= 0.3 is 18.3 Å². The van der Waals surface area contributed by atoms with E-state index in [1.807, 2.05) is 0 Å². The van der Waals surface area contributed by atoms with Crippen LogP contribution in [0.15, 0.2) is 0 Å². The second-order valence-electron chi connectivity index (χ2n) is 17.7. The molecule has 56 heavy (non-hydrogen) atoms. The van der Waals surface area contributed by atoms with E-state index in [4.69, 9.17) is 38.6 Å². The Morgan fingerprint density at radius 3 is 1.79 bits per heavy atom. The lowest BCUT2D eigenvalue weighted by atomic mass is 9.83. The molecule has 3 aliphatic rings. The van der Waals surface area contributed by atoms with Crippen molar-refractivity contribution < 1.29 is 68.0 Å². The third-order valence-corrected chi connectivity index (χ3v) is 8.95. The lowest BCUT2D eigenvalue weighted by Gasteiger charge is -2.50. The van der Waals surface area contributed by atoms with Gasteiger partial charge in [0.15, 0.2) is 12.6 Å². The zero-order chi connectivity index (χ0) is 42.4. The number of hydrogen-bond donors (Lipinski definition) is 10. The van der Waals surface area contributed by atoms with E-state index in [1.165, 1.54) is 6.92 Å². The van der Waals surface area contributed by atoms with Crippen LogP contribution in [0.2, 0.25) is 0 Å². The molecule has 1 aliphatic carbocycles. The van der Waals surface area contributed by atoms with Gasteiger partial charge in [0, 0.05) is 6.54 Å². The third kappa shape index (κ3) is 14.4. The van der Waals surface area contributed by atoms with Gasteiger partial charge in [-0.05, 0) is 95.5 Å². The maximum atomic E-state index is 13.2. The van der Waals surface area contributed by atoms with Crippen molar-refractivity contribution in [3.05, 3.63) is 0 Å². The first kappa shape index (κ1) is 47.3. The number of amides is 3. The van der Waals surface area contributed by atoms with Crippen molar-refractivity contribution in [2.45, 2.75) is 178 Å². The van der Waals surface area contributed by atoms with Gasteiger partial charge in [-0.25, -0.2) is 14.4 Å². The molecule has 0 bridgehead atoms. The van der Waals surface area contributed by atoms with Crippen LogP contribution in [0.1, 0.15) is 88.5 Å². The fraction of sp³-hybridized carbons (Fsp3) is 0.889. The molecule has 3 rings (SSSR count). The minimum absolute atomic E-state index is 0.00898. The summed E-state index contributed by atoms with van der Waals surface area (Å²) in [4.78, 5) is 38.7. The number of carbonyl (C=O) groups excluding carboxylic acids is 3. The largest absolute Gasteiger partial charge is 0.444 e. The van der Waals surface area contributed by atoms with Crippen LogP contribution in [-0.4, -0.2) is 161 Å². The number of aliphatic hydroxyl groups excluding tert-OH is 3. The number of amidine groups is 1. The van der Waals surface area contributed by atoms with Crippen molar-refractivity contribution in [1.29, 1.82) is 5.41 Å². The summed E-state index contributed by atoms with van der Waals surface area (Å²) in [6.45, 7) is 15.9. The van der Waals surface area contributed by atoms with Gasteiger partial charge in [-0.3, -0.25) is 5.41 Å². The predicted octanol–water partition coefficient (Wildman–Crippen LogP) is 0.322. The van der Waals surface area contributed by atoms with Crippen molar-refractivity contribution in [2.24, 2.45) is 0 Å². The normalized spacial score (nSPS) is 34.1. The van der Waals surface area contributed by atoms with Gasteiger partial charge in [0.05, 0.1) is 36.9 Å². The number of aliphatic hydroxyl groups is 4. The summed E-state index contributed by atoms with van der Waals surface area (Å²) in [5, 5.41) is 66.0. The smallest absolute Gasteiger partial charge is 0.408 e. The lowest BCUT2D eigenvalue weighted by molar-refractivity contribution is -0.308. The molecule has 0 aromatic rings. The number of alkyl carbamates (subject to hydrolysis) is 3. The quantitative estimate of drug-likeness (QED) is 0.0765. The van der Waals surface area contributed by atoms with Gasteiger partial charge in [0.25, 0.3) is 0 Å². The molecule has 10 N–H and O–H groups in total. The first-order valence-electron chi connectivity index (χ1n) is 19.0. The number of ether oxygens (including phenoxy) is 7. The van der Waals surface area contributed by atoms with Crippen LogP contribution in [0.5, 0.6) is 0 Å². The Hall–Kier alpha value is -3.08. The van der Waals surface area contributed by atoms with Gasteiger partial charge in [-0.2, -0.15) is 0 Å². The highest BCUT2D eigenvalue weighted by atomic mass is 16.7. The van der Waals surface area contributed by atoms with E-state index in [-0.39, 0.29) is 31.8 Å². The average Bonchev–Trinajstić information content (AvgIpc) is 3.03. The highest BCUT2D eigenvalue weighted by Gasteiger charge is 2.53.